The van der Waals surface area contributed by atoms with Crippen molar-refractivity contribution in [2.45, 2.75) is 0 Å². The van der Waals surface area contributed by atoms with Crippen LogP contribution in [-0.2, 0) is 4.74 Å². The number of benzene rings is 5. The first kappa shape index (κ1) is 20.5. The minimum absolute atomic E-state index is 0.373. The first-order valence-electron chi connectivity index (χ1n) is 11.9. The molecule has 2 aromatic heterocycles. The van der Waals surface area contributed by atoms with Crippen LogP contribution < -0.4 is 0 Å². The van der Waals surface area contributed by atoms with E-state index >= 15 is 0 Å². The van der Waals surface area contributed by atoms with Gasteiger partial charge in [0.15, 0.2) is 0 Å². The lowest BCUT2D eigenvalue weighted by Gasteiger charge is -2.12. The molecule has 2 heterocycles. The van der Waals surface area contributed by atoms with Crippen molar-refractivity contribution in [1.82, 2.24) is 4.57 Å². The summed E-state index contributed by atoms with van der Waals surface area (Å²) in [5.74, 6) is -0.373. The van der Waals surface area contributed by atoms with Gasteiger partial charge in [-0.2, -0.15) is 0 Å². The monoisotopic (exact) mass is 467 g/mol. The molecule has 5 aromatic carbocycles. The quantitative estimate of drug-likeness (QED) is 0.246. The number of carbonyl (C=O) groups excluding carboxylic acids is 1. The van der Waals surface area contributed by atoms with Crippen LogP contribution in [0.3, 0.4) is 0 Å². The molecule has 0 unspecified atom stereocenters. The van der Waals surface area contributed by atoms with E-state index in [1.54, 1.807) is 6.07 Å². The minimum Gasteiger partial charge on any atom is -0.465 e. The third-order valence-electron chi connectivity index (χ3n) is 6.92. The van der Waals surface area contributed by atoms with E-state index in [0.717, 1.165) is 60.6 Å². The van der Waals surface area contributed by atoms with Gasteiger partial charge in [0.2, 0.25) is 0 Å². The Morgan fingerprint density at radius 1 is 0.722 bits per heavy atom. The molecule has 0 bridgehead atoms. The van der Waals surface area contributed by atoms with E-state index < -0.39 is 0 Å². The highest BCUT2D eigenvalue weighted by molar-refractivity contribution is 6.27. The molecule has 36 heavy (non-hydrogen) atoms. The Morgan fingerprint density at radius 3 is 2.25 bits per heavy atom. The topological polar surface area (TPSA) is 44.4 Å². The zero-order valence-electron chi connectivity index (χ0n) is 19.6. The van der Waals surface area contributed by atoms with E-state index in [2.05, 4.69) is 65.2 Å². The molecule has 0 fully saturated rings. The van der Waals surface area contributed by atoms with Gasteiger partial charge in [-0.05, 0) is 42.0 Å². The number of ether oxygens (including phenoxy) is 1. The summed E-state index contributed by atoms with van der Waals surface area (Å²) in [6.07, 6.45) is 0. The van der Waals surface area contributed by atoms with Crippen molar-refractivity contribution in [3.05, 3.63) is 115 Å². The highest BCUT2D eigenvalue weighted by atomic mass is 16.5. The first-order valence-corrected chi connectivity index (χ1v) is 11.9. The number of furan rings is 1. The van der Waals surface area contributed by atoms with Gasteiger partial charge in [-0.25, -0.2) is 4.79 Å². The summed E-state index contributed by atoms with van der Waals surface area (Å²) < 4.78 is 14.0. The van der Waals surface area contributed by atoms with Crippen molar-refractivity contribution in [2.24, 2.45) is 0 Å². The summed E-state index contributed by atoms with van der Waals surface area (Å²) in [7, 11) is 1.41. The molecule has 172 valence electrons. The number of methoxy groups -OCH3 is 1. The largest absolute Gasteiger partial charge is 0.465 e. The van der Waals surface area contributed by atoms with Crippen LogP contribution >= 0.6 is 0 Å². The molecule has 7 rings (SSSR count). The van der Waals surface area contributed by atoms with Crippen molar-refractivity contribution in [1.29, 1.82) is 0 Å². The van der Waals surface area contributed by atoms with Crippen LogP contribution in [0.1, 0.15) is 10.4 Å². The predicted molar refractivity (Wildman–Crippen MR) is 145 cm³/mol. The number of fused-ring (bicyclic) bond motifs is 7. The number of aromatic nitrogens is 1. The molecule has 0 aliphatic heterocycles. The molecule has 0 spiro atoms. The molecular weight excluding hydrogens is 446 g/mol. The molecule has 0 aliphatic rings. The summed E-state index contributed by atoms with van der Waals surface area (Å²) in [4.78, 5) is 12.7. The van der Waals surface area contributed by atoms with Gasteiger partial charge in [-0.15, -0.1) is 0 Å². The molecule has 0 N–H and O–H groups in total. The van der Waals surface area contributed by atoms with Crippen molar-refractivity contribution >= 4 is 49.7 Å². The number of hydrogen-bond acceptors (Lipinski definition) is 3. The van der Waals surface area contributed by atoms with Crippen LogP contribution in [0, 0.1) is 0 Å². The zero-order chi connectivity index (χ0) is 24.2. The van der Waals surface area contributed by atoms with Crippen LogP contribution in [0.4, 0.5) is 0 Å². The normalized spacial score (nSPS) is 11.6. The van der Waals surface area contributed by atoms with Crippen LogP contribution in [-0.4, -0.2) is 17.6 Å². The van der Waals surface area contributed by atoms with Gasteiger partial charge in [-0.1, -0.05) is 72.8 Å². The Balaban J connectivity index is 1.75. The number of esters is 1. The fourth-order valence-electron chi connectivity index (χ4n) is 5.39. The van der Waals surface area contributed by atoms with Gasteiger partial charge in [0.05, 0.1) is 29.1 Å². The number of rotatable bonds is 3. The lowest BCUT2D eigenvalue weighted by molar-refractivity contribution is 0.0601. The molecule has 0 aliphatic carbocycles. The smallest absolute Gasteiger partial charge is 0.338 e. The van der Waals surface area contributed by atoms with Gasteiger partial charge in [0, 0.05) is 27.4 Å². The predicted octanol–water partition coefficient (Wildman–Crippen LogP) is 8.14. The Morgan fingerprint density at radius 2 is 1.42 bits per heavy atom. The van der Waals surface area contributed by atoms with Gasteiger partial charge < -0.3 is 13.7 Å². The molecule has 7 aromatic rings. The van der Waals surface area contributed by atoms with Crippen molar-refractivity contribution < 1.29 is 13.9 Å². The van der Waals surface area contributed by atoms with E-state index in [9.17, 15) is 4.79 Å². The van der Waals surface area contributed by atoms with Crippen LogP contribution in [0.15, 0.2) is 114 Å². The average molecular weight is 468 g/mol. The molecular formula is C32H21NO3. The highest BCUT2D eigenvalue weighted by Crippen LogP contribution is 2.45. The molecule has 4 nitrogen and oxygen atoms in total. The third kappa shape index (κ3) is 2.85. The maximum Gasteiger partial charge on any atom is 0.338 e. The Hall–Kier alpha value is -4.83. The third-order valence-corrected chi connectivity index (χ3v) is 6.92. The molecule has 0 saturated carbocycles. The van der Waals surface area contributed by atoms with Crippen LogP contribution in [0.2, 0.25) is 0 Å². The average Bonchev–Trinajstić information content (AvgIpc) is 3.48. The van der Waals surface area contributed by atoms with Crippen molar-refractivity contribution in [3.63, 3.8) is 0 Å². The second-order valence-electron chi connectivity index (χ2n) is 8.85. The SMILES string of the molecule is COC(=O)c1ccccc1-c1cc2c3ccccc3n(-c3ccccc3)c2c2c1oc1ccccc12. The van der Waals surface area contributed by atoms with Crippen LogP contribution in [0.5, 0.6) is 0 Å². The van der Waals surface area contributed by atoms with E-state index in [0.29, 0.717) is 5.56 Å². The summed E-state index contributed by atoms with van der Waals surface area (Å²) >= 11 is 0. The van der Waals surface area contributed by atoms with Gasteiger partial charge >= 0.3 is 5.97 Å². The molecule has 0 atom stereocenters. The molecule has 0 amide bonds. The summed E-state index contributed by atoms with van der Waals surface area (Å²) in [6.45, 7) is 0. The minimum atomic E-state index is -0.373. The second-order valence-corrected chi connectivity index (χ2v) is 8.85. The van der Waals surface area contributed by atoms with E-state index in [1.807, 2.05) is 42.5 Å². The zero-order valence-corrected chi connectivity index (χ0v) is 19.6. The Labute approximate surface area is 206 Å². The standard InChI is InChI=1S/C32H21NO3/c1-35-32(34)23-15-6-5-13-21(23)26-19-25-22-14-7-9-17-27(22)33(20-11-3-2-4-12-20)30(25)29-24-16-8-10-18-28(24)36-31(26)29/h2-19H,1H3. The Kier molecular flexibility index (Phi) is 4.48. The van der Waals surface area contributed by atoms with Gasteiger partial charge in [-0.3, -0.25) is 0 Å². The fraction of sp³-hybridized carbons (Fsp3) is 0.0312. The van der Waals surface area contributed by atoms with E-state index in [-0.39, 0.29) is 5.97 Å². The number of nitrogens with zero attached hydrogens (tertiary/aromatic N) is 1. The van der Waals surface area contributed by atoms with Gasteiger partial charge in [0.1, 0.15) is 11.2 Å². The summed E-state index contributed by atoms with van der Waals surface area (Å²) in [5.41, 5.74) is 7.00. The number of para-hydroxylation sites is 3. The second kappa shape index (κ2) is 7.85. The lowest BCUT2D eigenvalue weighted by atomic mass is 9.95. The fourth-order valence-corrected chi connectivity index (χ4v) is 5.39. The molecule has 4 heteroatoms. The number of hydrogen-bond donors (Lipinski definition) is 0. The summed E-state index contributed by atoms with van der Waals surface area (Å²) in [5, 5.41) is 4.30. The Bertz CT molecular complexity index is 1940. The lowest BCUT2D eigenvalue weighted by Crippen LogP contribution is -2.03. The first-order chi connectivity index (χ1) is 17.8. The molecule has 0 radical (unpaired) electrons. The van der Waals surface area contributed by atoms with Crippen molar-refractivity contribution in [3.8, 4) is 16.8 Å². The highest BCUT2D eigenvalue weighted by Gasteiger charge is 2.24. The maximum absolute atomic E-state index is 12.7. The molecule has 0 saturated heterocycles. The van der Waals surface area contributed by atoms with E-state index in [4.69, 9.17) is 9.15 Å². The van der Waals surface area contributed by atoms with Gasteiger partial charge in [0.25, 0.3) is 0 Å². The van der Waals surface area contributed by atoms with Crippen LogP contribution in [0.25, 0.3) is 60.6 Å². The van der Waals surface area contributed by atoms with E-state index in [1.165, 1.54) is 7.11 Å². The number of carbonyl (C=O) groups is 1. The van der Waals surface area contributed by atoms with Crippen molar-refractivity contribution in [2.75, 3.05) is 7.11 Å². The summed E-state index contributed by atoms with van der Waals surface area (Å²) in [6, 6.07) is 36.6. The maximum atomic E-state index is 12.7.